The maximum absolute atomic E-state index is 10.5. The van der Waals surface area contributed by atoms with Crippen molar-refractivity contribution in [1.29, 1.82) is 0 Å². The summed E-state index contributed by atoms with van der Waals surface area (Å²) < 4.78 is 0. The highest BCUT2D eigenvalue weighted by Crippen LogP contribution is 2.13. The van der Waals surface area contributed by atoms with E-state index in [1.54, 1.807) is 6.92 Å². The van der Waals surface area contributed by atoms with Crippen molar-refractivity contribution in [3.05, 3.63) is 35.9 Å². The van der Waals surface area contributed by atoms with E-state index >= 15 is 0 Å². The number of aliphatic carboxylic acids is 1. The summed E-state index contributed by atoms with van der Waals surface area (Å²) in [6.07, 6.45) is 0. The number of rotatable bonds is 2. The maximum atomic E-state index is 10.5. The number of benzene rings is 1. The minimum Gasteiger partial charge on any atom is -0.481 e. The molecule has 0 amide bonds. The molecule has 0 heterocycles. The Morgan fingerprint density at radius 3 is 1.87 bits per heavy atom. The Morgan fingerprint density at radius 1 is 1.13 bits per heavy atom. The summed E-state index contributed by atoms with van der Waals surface area (Å²) in [5.74, 6) is -1.02. The second-order valence-corrected chi connectivity index (χ2v) is 3.38. The highest BCUT2D eigenvalue weighted by molar-refractivity contribution is 5.75. The first-order chi connectivity index (χ1) is 6.95. The van der Waals surface area contributed by atoms with Gasteiger partial charge in [0, 0.05) is 0 Å². The largest absolute Gasteiger partial charge is 0.481 e. The van der Waals surface area contributed by atoms with Gasteiger partial charge in [0.2, 0.25) is 0 Å². The Bertz CT molecular complexity index is 313. The molecule has 1 aromatic rings. The quantitative estimate of drug-likeness (QED) is 0.812. The third-order valence-corrected chi connectivity index (χ3v) is 1.67. The van der Waals surface area contributed by atoms with E-state index in [1.807, 2.05) is 30.3 Å². The van der Waals surface area contributed by atoms with Gasteiger partial charge in [-0.15, -0.1) is 0 Å². The van der Waals surface area contributed by atoms with Gasteiger partial charge in [0.05, 0.1) is 5.92 Å². The van der Waals surface area contributed by atoms with E-state index in [4.69, 9.17) is 5.11 Å². The third-order valence-electron chi connectivity index (χ3n) is 1.67. The first-order valence-electron chi connectivity index (χ1n) is 4.70. The van der Waals surface area contributed by atoms with Crippen molar-refractivity contribution in [3.8, 4) is 0 Å². The normalized spacial score (nSPS) is 10.9. The van der Waals surface area contributed by atoms with Gasteiger partial charge in [-0.3, -0.25) is 4.79 Å². The smallest absolute Gasteiger partial charge is 0.310 e. The molecule has 3 heteroatoms. The number of hydrogen-bond acceptors (Lipinski definition) is 2. The van der Waals surface area contributed by atoms with Gasteiger partial charge in [0.15, 0.2) is 0 Å². The van der Waals surface area contributed by atoms with Crippen LogP contribution in [0.5, 0.6) is 0 Å². The Balaban J connectivity index is 0.000000423. The standard InChI is InChI=1S/C9H10O2.C3H6O/c1-7(9(10)11)8-5-3-2-4-6-8;1-3(2)4/h2-7H,1H3,(H,10,11);1-2H3. The molecule has 0 aromatic heterocycles. The Labute approximate surface area is 89.7 Å². The lowest BCUT2D eigenvalue weighted by Crippen LogP contribution is -2.06. The van der Waals surface area contributed by atoms with E-state index in [9.17, 15) is 9.59 Å². The lowest BCUT2D eigenvalue weighted by atomic mass is 10.0. The molecule has 1 aromatic carbocycles. The molecule has 1 unspecified atom stereocenters. The van der Waals surface area contributed by atoms with Gasteiger partial charge in [-0.2, -0.15) is 0 Å². The van der Waals surface area contributed by atoms with E-state index in [0.29, 0.717) is 0 Å². The molecule has 1 atom stereocenters. The summed E-state index contributed by atoms with van der Waals surface area (Å²) in [5.41, 5.74) is 0.847. The number of carboxylic acids is 1. The van der Waals surface area contributed by atoms with Gasteiger partial charge in [-0.05, 0) is 26.3 Å². The van der Waals surface area contributed by atoms with Crippen molar-refractivity contribution in [2.24, 2.45) is 0 Å². The molecular weight excluding hydrogens is 192 g/mol. The molecule has 0 saturated heterocycles. The molecule has 0 spiro atoms. The van der Waals surface area contributed by atoms with Crippen molar-refractivity contribution in [3.63, 3.8) is 0 Å². The summed E-state index contributed by atoms with van der Waals surface area (Å²) in [5, 5.41) is 8.64. The predicted molar refractivity (Wildman–Crippen MR) is 58.8 cm³/mol. The highest BCUT2D eigenvalue weighted by atomic mass is 16.4. The Kier molecular flexibility index (Phi) is 6.02. The van der Waals surface area contributed by atoms with E-state index in [1.165, 1.54) is 13.8 Å². The van der Waals surface area contributed by atoms with Crippen LogP contribution in [0.15, 0.2) is 30.3 Å². The van der Waals surface area contributed by atoms with Crippen LogP contribution in [-0.2, 0) is 9.59 Å². The first-order valence-corrected chi connectivity index (χ1v) is 4.70. The van der Waals surface area contributed by atoms with Crippen LogP contribution in [0.25, 0.3) is 0 Å². The molecule has 1 N–H and O–H groups in total. The van der Waals surface area contributed by atoms with Crippen LogP contribution in [0.1, 0.15) is 32.3 Å². The monoisotopic (exact) mass is 208 g/mol. The third kappa shape index (κ3) is 6.43. The first kappa shape index (κ1) is 13.4. The van der Waals surface area contributed by atoms with Gasteiger partial charge in [0.1, 0.15) is 5.78 Å². The van der Waals surface area contributed by atoms with E-state index < -0.39 is 11.9 Å². The van der Waals surface area contributed by atoms with Crippen LogP contribution in [-0.4, -0.2) is 16.9 Å². The van der Waals surface area contributed by atoms with Gasteiger partial charge in [-0.1, -0.05) is 30.3 Å². The molecule has 0 fully saturated rings. The van der Waals surface area contributed by atoms with Crippen molar-refractivity contribution in [2.45, 2.75) is 26.7 Å². The zero-order chi connectivity index (χ0) is 11.8. The molecular formula is C12H16O3. The van der Waals surface area contributed by atoms with Crippen molar-refractivity contribution in [1.82, 2.24) is 0 Å². The van der Waals surface area contributed by atoms with E-state index in [-0.39, 0.29) is 5.78 Å². The fourth-order valence-corrected chi connectivity index (χ4v) is 0.884. The lowest BCUT2D eigenvalue weighted by Gasteiger charge is -2.04. The van der Waals surface area contributed by atoms with Crippen LogP contribution in [0, 0.1) is 0 Å². The van der Waals surface area contributed by atoms with Crippen LogP contribution in [0.4, 0.5) is 0 Å². The molecule has 0 aliphatic heterocycles. The number of Topliss-reactive ketones (excluding diaryl/α,β-unsaturated/α-hetero) is 1. The van der Waals surface area contributed by atoms with E-state index in [2.05, 4.69) is 0 Å². The lowest BCUT2D eigenvalue weighted by molar-refractivity contribution is -0.138. The second-order valence-electron chi connectivity index (χ2n) is 3.38. The molecule has 0 bridgehead atoms. The summed E-state index contributed by atoms with van der Waals surface area (Å²) in [6, 6.07) is 9.19. The summed E-state index contributed by atoms with van der Waals surface area (Å²) in [7, 11) is 0. The second kappa shape index (κ2) is 6.76. The SMILES string of the molecule is CC(C(=O)O)c1ccccc1.CC(C)=O. The molecule has 0 aliphatic carbocycles. The van der Waals surface area contributed by atoms with Crippen LogP contribution in [0.3, 0.4) is 0 Å². The Morgan fingerprint density at radius 2 is 1.53 bits per heavy atom. The zero-order valence-electron chi connectivity index (χ0n) is 9.23. The van der Waals surface area contributed by atoms with E-state index in [0.717, 1.165) is 5.56 Å². The van der Waals surface area contributed by atoms with Crippen molar-refractivity contribution < 1.29 is 14.7 Å². The summed E-state index contributed by atoms with van der Waals surface area (Å²) in [6.45, 7) is 4.73. The highest BCUT2D eigenvalue weighted by Gasteiger charge is 2.11. The van der Waals surface area contributed by atoms with Crippen LogP contribution >= 0.6 is 0 Å². The van der Waals surface area contributed by atoms with Gasteiger partial charge in [0.25, 0.3) is 0 Å². The average molecular weight is 208 g/mol. The van der Waals surface area contributed by atoms with Gasteiger partial charge < -0.3 is 9.90 Å². The van der Waals surface area contributed by atoms with Gasteiger partial charge in [-0.25, -0.2) is 0 Å². The number of ketones is 1. The predicted octanol–water partition coefficient (Wildman–Crippen LogP) is 2.47. The van der Waals surface area contributed by atoms with Gasteiger partial charge >= 0.3 is 5.97 Å². The maximum Gasteiger partial charge on any atom is 0.310 e. The minimum atomic E-state index is -0.781. The molecule has 0 aliphatic rings. The molecule has 3 nitrogen and oxygen atoms in total. The van der Waals surface area contributed by atoms with Crippen LogP contribution < -0.4 is 0 Å². The molecule has 15 heavy (non-hydrogen) atoms. The number of carbonyl (C=O) groups is 2. The fraction of sp³-hybridized carbons (Fsp3) is 0.333. The topological polar surface area (TPSA) is 54.4 Å². The molecule has 0 radical (unpaired) electrons. The number of carbonyl (C=O) groups excluding carboxylic acids is 1. The number of carboxylic acid groups (broad SMARTS) is 1. The van der Waals surface area contributed by atoms with Crippen molar-refractivity contribution in [2.75, 3.05) is 0 Å². The molecule has 82 valence electrons. The van der Waals surface area contributed by atoms with Crippen LogP contribution in [0.2, 0.25) is 0 Å². The average Bonchev–Trinajstić information content (AvgIpc) is 2.17. The van der Waals surface area contributed by atoms with Crippen molar-refractivity contribution >= 4 is 11.8 Å². The summed E-state index contributed by atoms with van der Waals surface area (Å²) >= 11 is 0. The fourth-order valence-electron chi connectivity index (χ4n) is 0.884. The molecule has 1 rings (SSSR count). The number of hydrogen-bond donors (Lipinski definition) is 1. The summed E-state index contributed by atoms with van der Waals surface area (Å²) in [4.78, 5) is 19.9. The minimum absolute atomic E-state index is 0.167. The zero-order valence-corrected chi connectivity index (χ0v) is 9.23. The molecule has 0 saturated carbocycles. The Hall–Kier alpha value is -1.64.